The van der Waals surface area contributed by atoms with Crippen LogP contribution in [0.1, 0.15) is 11.7 Å². The molecule has 0 spiro atoms. The Morgan fingerprint density at radius 1 is 1.26 bits per heavy atom. The van der Waals surface area contributed by atoms with E-state index in [1.165, 1.54) is 18.5 Å². The molecule has 0 amide bonds. The number of benzene rings is 1. The van der Waals surface area contributed by atoms with Crippen molar-refractivity contribution in [1.82, 2.24) is 14.8 Å². The highest BCUT2D eigenvalue weighted by molar-refractivity contribution is 5.44. The van der Waals surface area contributed by atoms with Crippen LogP contribution in [0.2, 0.25) is 0 Å². The molecule has 1 aromatic carbocycles. The molecule has 1 aromatic heterocycles. The lowest BCUT2D eigenvalue weighted by Gasteiger charge is -2.21. The summed E-state index contributed by atoms with van der Waals surface area (Å²) in [6, 6.07) is 6.36. The van der Waals surface area contributed by atoms with Crippen molar-refractivity contribution in [1.29, 1.82) is 0 Å². The van der Waals surface area contributed by atoms with Crippen LogP contribution in [-0.4, -0.2) is 21.9 Å². The minimum atomic E-state index is -0.283. The molecular weight excluding hydrogens is 293 g/mol. The van der Waals surface area contributed by atoms with Gasteiger partial charge in [0.15, 0.2) is 0 Å². The van der Waals surface area contributed by atoms with Crippen molar-refractivity contribution in [2.24, 2.45) is 0 Å². The van der Waals surface area contributed by atoms with Crippen LogP contribution in [0.3, 0.4) is 0 Å². The first-order valence-electron chi connectivity index (χ1n) is 7.29. The quantitative estimate of drug-likeness (QED) is 0.823. The van der Waals surface area contributed by atoms with Gasteiger partial charge in [0.25, 0.3) is 0 Å². The molecule has 5 heteroatoms. The highest BCUT2D eigenvalue weighted by Gasteiger charge is 2.21. The summed E-state index contributed by atoms with van der Waals surface area (Å²) in [6.07, 6.45) is 13.0. The van der Waals surface area contributed by atoms with Gasteiger partial charge in [0.1, 0.15) is 24.6 Å². The number of hydrogen-bond acceptors (Lipinski definition) is 3. The molecule has 1 unspecified atom stereocenters. The number of methoxy groups -OCH3 is 1. The maximum atomic E-state index is 13.2. The summed E-state index contributed by atoms with van der Waals surface area (Å²) in [6.45, 7) is 0.543. The van der Waals surface area contributed by atoms with Crippen molar-refractivity contribution in [2.45, 2.75) is 12.6 Å². The van der Waals surface area contributed by atoms with E-state index in [0.717, 1.165) is 17.1 Å². The lowest BCUT2D eigenvalue weighted by atomic mass is 9.96. The maximum Gasteiger partial charge on any atom is 0.137 e. The lowest BCUT2D eigenvalue weighted by Crippen LogP contribution is -2.13. The van der Waals surface area contributed by atoms with Crippen LogP contribution in [0.4, 0.5) is 4.39 Å². The second-order valence-corrected chi connectivity index (χ2v) is 5.20. The van der Waals surface area contributed by atoms with Crippen molar-refractivity contribution in [3.05, 3.63) is 91.6 Å². The van der Waals surface area contributed by atoms with Crippen LogP contribution < -0.4 is 0 Å². The molecule has 2 aromatic rings. The Kier molecular flexibility index (Phi) is 5.18. The van der Waals surface area contributed by atoms with E-state index in [1.54, 1.807) is 30.3 Å². The van der Waals surface area contributed by atoms with Crippen LogP contribution in [0.15, 0.2) is 48.6 Å². The van der Waals surface area contributed by atoms with Crippen LogP contribution in [-0.2, 0) is 11.3 Å². The molecule has 1 saturated carbocycles. The maximum absolute atomic E-state index is 13.2. The van der Waals surface area contributed by atoms with Gasteiger partial charge in [0, 0.05) is 13.0 Å². The van der Waals surface area contributed by atoms with Crippen LogP contribution in [0.5, 0.6) is 0 Å². The third kappa shape index (κ3) is 4.05. The lowest BCUT2D eigenvalue weighted by molar-refractivity contribution is 0.128. The van der Waals surface area contributed by atoms with E-state index in [1.807, 2.05) is 25.7 Å². The molecule has 1 atom stereocenters. The summed E-state index contributed by atoms with van der Waals surface area (Å²) in [5.74, 6) is 0.825. The fourth-order valence-electron chi connectivity index (χ4n) is 2.54. The van der Waals surface area contributed by atoms with Crippen LogP contribution >= 0.6 is 0 Å². The second kappa shape index (κ2) is 7.51. The molecule has 1 heterocycles. The molecular formula is C18H17FN3O. The second-order valence-electron chi connectivity index (χ2n) is 5.20. The normalized spacial score (nSPS) is 17.6. The van der Waals surface area contributed by atoms with Gasteiger partial charge in [-0.3, -0.25) is 0 Å². The predicted molar refractivity (Wildman–Crippen MR) is 84.7 cm³/mol. The molecule has 4 nitrogen and oxygen atoms in total. The van der Waals surface area contributed by atoms with Gasteiger partial charge in [0.05, 0.1) is 6.54 Å². The zero-order chi connectivity index (χ0) is 16.1. The molecule has 117 valence electrons. The van der Waals surface area contributed by atoms with E-state index in [9.17, 15) is 4.39 Å². The molecule has 3 rings (SSSR count). The van der Waals surface area contributed by atoms with E-state index < -0.39 is 0 Å². The molecule has 5 radical (unpaired) electrons. The van der Waals surface area contributed by atoms with E-state index in [-0.39, 0.29) is 11.9 Å². The highest BCUT2D eigenvalue weighted by Crippen LogP contribution is 2.32. The van der Waals surface area contributed by atoms with E-state index in [4.69, 9.17) is 4.74 Å². The SMILES string of the molecule is COC(/C(=C/[C]1[CH][CH][CH][CH]1)Cn1cncn1)c1ccc(F)cc1. The Labute approximate surface area is 136 Å². The molecule has 1 aliphatic rings. The number of ether oxygens (including phenoxy) is 1. The monoisotopic (exact) mass is 310 g/mol. The zero-order valence-corrected chi connectivity index (χ0v) is 12.8. The molecule has 1 fully saturated rings. The molecule has 23 heavy (non-hydrogen) atoms. The van der Waals surface area contributed by atoms with E-state index >= 15 is 0 Å². The molecule has 0 bridgehead atoms. The summed E-state index contributed by atoms with van der Waals surface area (Å²) >= 11 is 0. The van der Waals surface area contributed by atoms with Crippen LogP contribution in [0, 0.1) is 37.4 Å². The third-order valence-electron chi connectivity index (χ3n) is 3.60. The molecule has 0 aliphatic heterocycles. The van der Waals surface area contributed by atoms with Crippen molar-refractivity contribution in [3.8, 4) is 0 Å². The topological polar surface area (TPSA) is 39.9 Å². The summed E-state index contributed by atoms with van der Waals surface area (Å²) in [7, 11) is 1.65. The smallest absolute Gasteiger partial charge is 0.137 e. The number of halogens is 1. The average Bonchev–Trinajstić information content (AvgIpc) is 3.23. The summed E-state index contributed by atoms with van der Waals surface area (Å²) < 4.78 is 20.6. The van der Waals surface area contributed by atoms with E-state index in [0.29, 0.717) is 6.54 Å². The number of nitrogens with zero attached hydrogens (tertiary/aromatic N) is 3. The summed E-state index contributed by atoms with van der Waals surface area (Å²) in [4.78, 5) is 3.98. The van der Waals surface area contributed by atoms with Crippen molar-refractivity contribution >= 4 is 0 Å². The van der Waals surface area contributed by atoms with Gasteiger partial charge in [-0.25, -0.2) is 14.1 Å². The average molecular weight is 310 g/mol. The Morgan fingerprint density at radius 2 is 2.00 bits per heavy atom. The molecule has 1 aliphatic carbocycles. The Balaban J connectivity index is 1.89. The third-order valence-corrected chi connectivity index (χ3v) is 3.60. The standard InChI is InChI=1S/C18H17FN3O/c1-23-18(15-6-8-17(19)9-7-15)16(10-14-4-2-3-5-14)11-22-13-20-12-21-22/h2-10,12-13,18H,11H2,1H3/b16-10+. The minimum Gasteiger partial charge on any atom is -0.372 e. The first kappa shape index (κ1) is 15.9. The zero-order valence-electron chi connectivity index (χ0n) is 12.8. The predicted octanol–water partition coefficient (Wildman–Crippen LogP) is 3.14. The Morgan fingerprint density at radius 3 is 2.61 bits per heavy atom. The van der Waals surface area contributed by atoms with Crippen molar-refractivity contribution in [2.75, 3.05) is 7.11 Å². The number of aromatic nitrogens is 3. The first-order valence-corrected chi connectivity index (χ1v) is 7.29. The van der Waals surface area contributed by atoms with Gasteiger partial charge < -0.3 is 4.74 Å². The minimum absolute atomic E-state index is 0.263. The largest absolute Gasteiger partial charge is 0.372 e. The van der Waals surface area contributed by atoms with Gasteiger partial charge in [-0.1, -0.05) is 18.2 Å². The van der Waals surface area contributed by atoms with Gasteiger partial charge in [-0.2, -0.15) is 5.10 Å². The fraction of sp³-hybridized carbons (Fsp3) is 0.167. The summed E-state index contributed by atoms with van der Waals surface area (Å²) in [5, 5.41) is 4.16. The number of hydrogen-bond donors (Lipinski definition) is 0. The number of rotatable bonds is 6. The first-order chi connectivity index (χ1) is 11.3. The van der Waals surface area contributed by atoms with Crippen molar-refractivity contribution in [3.63, 3.8) is 0 Å². The fourth-order valence-corrected chi connectivity index (χ4v) is 2.54. The van der Waals surface area contributed by atoms with Gasteiger partial charge >= 0.3 is 0 Å². The Bertz CT molecular complexity index is 631. The van der Waals surface area contributed by atoms with Gasteiger partial charge in [-0.15, -0.1) is 0 Å². The molecule has 0 N–H and O–H groups in total. The summed E-state index contributed by atoms with van der Waals surface area (Å²) in [5.41, 5.74) is 1.91. The van der Waals surface area contributed by atoms with Crippen molar-refractivity contribution < 1.29 is 9.13 Å². The Hall–Kier alpha value is -2.01. The van der Waals surface area contributed by atoms with Crippen LogP contribution in [0.25, 0.3) is 0 Å². The number of allylic oxidation sites excluding steroid dienone is 1. The van der Waals surface area contributed by atoms with Gasteiger partial charge in [-0.05, 0) is 49.0 Å². The molecule has 0 saturated heterocycles. The van der Waals surface area contributed by atoms with Gasteiger partial charge in [0.2, 0.25) is 0 Å². The highest BCUT2D eigenvalue weighted by atomic mass is 19.1. The van der Waals surface area contributed by atoms with E-state index in [2.05, 4.69) is 16.2 Å².